The summed E-state index contributed by atoms with van der Waals surface area (Å²) >= 11 is 0. The highest BCUT2D eigenvalue weighted by atomic mass is 19.1. The number of nitrogens with zero attached hydrogens (tertiary/aromatic N) is 3. The zero-order valence-electron chi connectivity index (χ0n) is 11.3. The highest BCUT2D eigenvalue weighted by Crippen LogP contribution is 2.18. The Kier molecular flexibility index (Phi) is 3.94. The average molecular weight is 260 g/mol. The molecular weight excluding hydrogens is 243 g/mol. The van der Waals surface area contributed by atoms with Gasteiger partial charge < -0.3 is 10.2 Å². The molecule has 5 heteroatoms. The van der Waals surface area contributed by atoms with Crippen LogP contribution in [-0.4, -0.2) is 24.1 Å². The third-order valence-corrected chi connectivity index (χ3v) is 2.85. The summed E-state index contributed by atoms with van der Waals surface area (Å²) in [5.74, 6) is 0.278. The van der Waals surface area contributed by atoms with Crippen LogP contribution in [0, 0.1) is 12.7 Å². The molecule has 1 aromatic carbocycles. The first-order chi connectivity index (χ1) is 9.10. The summed E-state index contributed by atoms with van der Waals surface area (Å²) in [6.45, 7) is 2.63. The Morgan fingerprint density at radius 3 is 2.58 bits per heavy atom. The molecule has 0 radical (unpaired) electrons. The van der Waals surface area contributed by atoms with Crippen molar-refractivity contribution in [1.29, 1.82) is 0 Å². The van der Waals surface area contributed by atoms with E-state index in [0.717, 1.165) is 5.56 Å². The number of nitrogens with one attached hydrogen (secondary N) is 1. The summed E-state index contributed by atoms with van der Waals surface area (Å²) in [5.41, 5.74) is 2.31. The Morgan fingerprint density at radius 1 is 1.26 bits per heavy atom. The van der Waals surface area contributed by atoms with Gasteiger partial charge in [-0.1, -0.05) is 29.8 Å². The van der Waals surface area contributed by atoms with Crippen molar-refractivity contribution >= 4 is 11.8 Å². The Hall–Kier alpha value is -2.17. The summed E-state index contributed by atoms with van der Waals surface area (Å²) in [6.07, 6.45) is 1.18. The van der Waals surface area contributed by atoms with Crippen LogP contribution in [0.25, 0.3) is 0 Å². The van der Waals surface area contributed by atoms with Crippen molar-refractivity contribution < 1.29 is 4.39 Å². The Bertz CT molecular complexity index is 554. The summed E-state index contributed by atoms with van der Waals surface area (Å²) in [7, 11) is 3.52. The molecule has 1 N–H and O–H groups in total. The topological polar surface area (TPSA) is 41.1 Å². The SMILES string of the molecule is CNc1ncc(F)c(N(C)Cc2ccc(C)cc2)n1. The number of hydrogen-bond donors (Lipinski definition) is 1. The third kappa shape index (κ3) is 3.19. The van der Waals surface area contributed by atoms with Gasteiger partial charge in [-0.05, 0) is 12.5 Å². The molecule has 0 saturated carbocycles. The molecule has 0 aliphatic heterocycles. The molecule has 2 rings (SSSR count). The lowest BCUT2D eigenvalue weighted by Crippen LogP contribution is -2.20. The molecule has 100 valence electrons. The number of halogens is 1. The van der Waals surface area contributed by atoms with E-state index in [-0.39, 0.29) is 0 Å². The van der Waals surface area contributed by atoms with E-state index in [1.54, 1.807) is 11.9 Å². The van der Waals surface area contributed by atoms with E-state index < -0.39 is 5.82 Å². The molecule has 4 nitrogen and oxygen atoms in total. The van der Waals surface area contributed by atoms with Gasteiger partial charge >= 0.3 is 0 Å². The van der Waals surface area contributed by atoms with Crippen LogP contribution in [0.3, 0.4) is 0 Å². The summed E-state index contributed by atoms with van der Waals surface area (Å²) < 4.78 is 13.7. The summed E-state index contributed by atoms with van der Waals surface area (Å²) in [6, 6.07) is 8.14. The van der Waals surface area contributed by atoms with Gasteiger partial charge in [-0.2, -0.15) is 4.98 Å². The summed E-state index contributed by atoms with van der Waals surface area (Å²) in [4.78, 5) is 9.73. The molecule has 1 heterocycles. The Morgan fingerprint density at radius 2 is 1.95 bits per heavy atom. The highest BCUT2D eigenvalue weighted by Gasteiger charge is 2.11. The van der Waals surface area contributed by atoms with Crippen molar-refractivity contribution in [1.82, 2.24) is 9.97 Å². The van der Waals surface area contributed by atoms with Crippen LogP contribution in [0.2, 0.25) is 0 Å². The Balaban J connectivity index is 2.19. The van der Waals surface area contributed by atoms with Gasteiger partial charge in [0.2, 0.25) is 5.95 Å². The lowest BCUT2D eigenvalue weighted by molar-refractivity contribution is 0.608. The fraction of sp³-hybridized carbons (Fsp3) is 0.286. The van der Waals surface area contributed by atoms with E-state index in [1.165, 1.54) is 11.8 Å². The van der Waals surface area contributed by atoms with E-state index in [4.69, 9.17) is 0 Å². The van der Waals surface area contributed by atoms with Crippen LogP contribution in [0.5, 0.6) is 0 Å². The predicted molar refractivity (Wildman–Crippen MR) is 74.8 cm³/mol. The van der Waals surface area contributed by atoms with Gasteiger partial charge in [0, 0.05) is 20.6 Å². The van der Waals surface area contributed by atoms with E-state index in [2.05, 4.69) is 15.3 Å². The van der Waals surface area contributed by atoms with Gasteiger partial charge in [-0.3, -0.25) is 0 Å². The quantitative estimate of drug-likeness (QED) is 0.917. The molecule has 0 bridgehead atoms. The van der Waals surface area contributed by atoms with Gasteiger partial charge in [0.15, 0.2) is 11.6 Å². The molecule has 0 atom stereocenters. The molecule has 19 heavy (non-hydrogen) atoms. The van der Waals surface area contributed by atoms with Crippen LogP contribution in [0.4, 0.5) is 16.2 Å². The smallest absolute Gasteiger partial charge is 0.224 e. The first-order valence-corrected chi connectivity index (χ1v) is 6.07. The van der Waals surface area contributed by atoms with E-state index in [9.17, 15) is 4.39 Å². The van der Waals surface area contributed by atoms with Crippen molar-refractivity contribution in [3.8, 4) is 0 Å². The molecule has 2 aromatic rings. The maximum atomic E-state index is 13.7. The first-order valence-electron chi connectivity index (χ1n) is 6.07. The molecule has 0 amide bonds. The van der Waals surface area contributed by atoms with Crippen molar-refractivity contribution in [2.24, 2.45) is 0 Å². The maximum Gasteiger partial charge on any atom is 0.224 e. The largest absolute Gasteiger partial charge is 0.357 e. The zero-order chi connectivity index (χ0) is 13.8. The van der Waals surface area contributed by atoms with Crippen molar-refractivity contribution in [2.75, 3.05) is 24.3 Å². The van der Waals surface area contributed by atoms with Gasteiger partial charge in [0.1, 0.15) is 0 Å². The van der Waals surface area contributed by atoms with Gasteiger partial charge in [-0.25, -0.2) is 9.37 Å². The minimum Gasteiger partial charge on any atom is -0.357 e. The lowest BCUT2D eigenvalue weighted by atomic mass is 10.1. The minimum atomic E-state index is -0.423. The van der Waals surface area contributed by atoms with Crippen LogP contribution in [0.15, 0.2) is 30.5 Å². The molecule has 0 aliphatic carbocycles. The van der Waals surface area contributed by atoms with Gasteiger partial charge in [0.05, 0.1) is 6.20 Å². The molecule has 1 aromatic heterocycles. The molecule has 0 unspecified atom stereocenters. The lowest BCUT2D eigenvalue weighted by Gasteiger charge is -2.19. The number of aryl methyl sites for hydroxylation is 1. The first kappa shape index (κ1) is 13.3. The van der Waals surface area contributed by atoms with E-state index in [1.807, 2.05) is 38.2 Å². The fourth-order valence-electron chi connectivity index (χ4n) is 1.79. The zero-order valence-corrected chi connectivity index (χ0v) is 11.3. The van der Waals surface area contributed by atoms with E-state index in [0.29, 0.717) is 18.3 Å². The third-order valence-electron chi connectivity index (χ3n) is 2.85. The second-order valence-electron chi connectivity index (χ2n) is 4.46. The predicted octanol–water partition coefficient (Wildman–Crippen LogP) is 2.60. The van der Waals surface area contributed by atoms with Crippen molar-refractivity contribution in [3.63, 3.8) is 0 Å². The number of aromatic nitrogens is 2. The van der Waals surface area contributed by atoms with Crippen LogP contribution in [-0.2, 0) is 6.54 Å². The van der Waals surface area contributed by atoms with Gasteiger partial charge in [-0.15, -0.1) is 0 Å². The molecule has 0 fully saturated rings. The normalized spacial score (nSPS) is 10.3. The monoisotopic (exact) mass is 260 g/mol. The van der Waals surface area contributed by atoms with Crippen LogP contribution in [0.1, 0.15) is 11.1 Å². The standard InChI is InChI=1S/C14H17FN4/c1-10-4-6-11(7-5-10)9-19(3)13-12(15)8-17-14(16-2)18-13/h4-8H,9H2,1-3H3,(H,16,17,18). The molecule has 0 saturated heterocycles. The molecular formula is C14H17FN4. The minimum absolute atomic E-state index is 0.292. The molecule has 0 aliphatic rings. The van der Waals surface area contributed by atoms with Gasteiger partial charge in [0.25, 0.3) is 0 Å². The number of benzene rings is 1. The second-order valence-corrected chi connectivity index (χ2v) is 4.46. The Labute approximate surface area is 112 Å². The van der Waals surface area contributed by atoms with Crippen molar-refractivity contribution in [2.45, 2.75) is 13.5 Å². The number of rotatable bonds is 4. The highest BCUT2D eigenvalue weighted by molar-refractivity contribution is 5.43. The molecule has 0 spiro atoms. The fourth-order valence-corrected chi connectivity index (χ4v) is 1.79. The second kappa shape index (κ2) is 5.65. The number of anilines is 2. The van der Waals surface area contributed by atoms with Crippen molar-refractivity contribution in [3.05, 3.63) is 47.4 Å². The van der Waals surface area contributed by atoms with Crippen LogP contribution >= 0.6 is 0 Å². The number of hydrogen-bond acceptors (Lipinski definition) is 4. The summed E-state index contributed by atoms with van der Waals surface area (Å²) in [5, 5.41) is 2.81. The van der Waals surface area contributed by atoms with E-state index >= 15 is 0 Å². The maximum absolute atomic E-state index is 13.7. The average Bonchev–Trinajstić information content (AvgIpc) is 2.42. The van der Waals surface area contributed by atoms with Crippen LogP contribution < -0.4 is 10.2 Å².